The molecule has 0 aliphatic rings. The maximum atomic E-state index is 13.2. The molecule has 0 radical (unpaired) electrons. The van der Waals surface area contributed by atoms with Crippen LogP contribution in [0.3, 0.4) is 0 Å². The van der Waals surface area contributed by atoms with Crippen LogP contribution >= 0.6 is 11.6 Å². The van der Waals surface area contributed by atoms with Gasteiger partial charge in [-0.05, 0) is 91.3 Å². The van der Waals surface area contributed by atoms with Crippen LogP contribution in [0.2, 0.25) is 5.02 Å². The number of carbonyl (C=O) groups is 2. The number of nitrogens with zero attached hydrogens (tertiary/aromatic N) is 2. The highest BCUT2D eigenvalue weighted by Gasteiger charge is 2.23. The van der Waals surface area contributed by atoms with Gasteiger partial charge in [-0.1, -0.05) is 18.5 Å². The SMILES string of the molecule is CCC(OC(=O)c1ccc2nc(-c3ccc(OC)cc3)c(-c3ccc(OC)cc3)nc2c1)C(=O)Nc1ccc(OC)c(Cl)c1. The second-order valence-electron chi connectivity index (χ2n) is 9.72. The van der Waals surface area contributed by atoms with Crippen LogP contribution in [0.1, 0.15) is 23.7 Å². The van der Waals surface area contributed by atoms with Gasteiger partial charge in [0.15, 0.2) is 6.10 Å². The predicted octanol–water partition coefficient (Wildman–Crippen LogP) is 7.22. The number of nitrogens with one attached hydrogen (secondary N) is 1. The van der Waals surface area contributed by atoms with Gasteiger partial charge in [0.2, 0.25) is 0 Å². The minimum Gasteiger partial charge on any atom is -0.497 e. The first-order valence-corrected chi connectivity index (χ1v) is 14.2. The first-order chi connectivity index (χ1) is 21.3. The van der Waals surface area contributed by atoms with E-state index < -0.39 is 18.0 Å². The van der Waals surface area contributed by atoms with Crippen LogP contribution in [0.15, 0.2) is 84.9 Å². The van der Waals surface area contributed by atoms with E-state index in [4.69, 9.17) is 40.5 Å². The number of anilines is 1. The largest absolute Gasteiger partial charge is 0.497 e. The van der Waals surface area contributed by atoms with Crippen molar-refractivity contribution in [2.75, 3.05) is 26.6 Å². The van der Waals surface area contributed by atoms with Gasteiger partial charge in [-0.25, -0.2) is 14.8 Å². The average molecular weight is 612 g/mol. The van der Waals surface area contributed by atoms with Crippen molar-refractivity contribution in [3.05, 3.63) is 95.5 Å². The molecule has 0 saturated heterocycles. The Morgan fingerprint density at radius 1 is 0.750 bits per heavy atom. The summed E-state index contributed by atoms with van der Waals surface area (Å²) in [5.41, 5.74) is 4.74. The lowest BCUT2D eigenvalue weighted by Crippen LogP contribution is -2.32. The van der Waals surface area contributed by atoms with Gasteiger partial charge in [0.25, 0.3) is 5.91 Å². The molecule has 0 spiro atoms. The molecule has 0 fully saturated rings. The summed E-state index contributed by atoms with van der Waals surface area (Å²) in [6.45, 7) is 1.76. The second kappa shape index (κ2) is 13.4. The zero-order valence-corrected chi connectivity index (χ0v) is 25.3. The van der Waals surface area contributed by atoms with Crippen molar-refractivity contribution in [3.8, 4) is 39.8 Å². The van der Waals surface area contributed by atoms with Crippen LogP contribution in [0.25, 0.3) is 33.5 Å². The summed E-state index contributed by atoms with van der Waals surface area (Å²) < 4.78 is 21.4. The van der Waals surface area contributed by atoms with Gasteiger partial charge in [-0.15, -0.1) is 0 Å². The van der Waals surface area contributed by atoms with Crippen molar-refractivity contribution in [1.29, 1.82) is 0 Å². The van der Waals surface area contributed by atoms with E-state index in [-0.39, 0.29) is 12.0 Å². The Morgan fingerprint density at radius 2 is 1.34 bits per heavy atom. The van der Waals surface area contributed by atoms with Crippen molar-refractivity contribution in [1.82, 2.24) is 9.97 Å². The fourth-order valence-corrected chi connectivity index (χ4v) is 4.83. The lowest BCUT2D eigenvalue weighted by Gasteiger charge is -2.17. The van der Waals surface area contributed by atoms with Crippen LogP contribution in [0, 0.1) is 0 Å². The summed E-state index contributed by atoms with van der Waals surface area (Å²) in [6.07, 6.45) is -0.765. The number of halogens is 1. The molecule has 0 saturated carbocycles. The van der Waals surface area contributed by atoms with E-state index in [1.807, 2.05) is 48.5 Å². The number of ether oxygens (including phenoxy) is 4. The maximum Gasteiger partial charge on any atom is 0.338 e. The molecule has 1 heterocycles. The van der Waals surface area contributed by atoms with Gasteiger partial charge in [0, 0.05) is 16.8 Å². The van der Waals surface area contributed by atoms with E-state index in [2.05, 4.69) is 5.32 Å². The van der Waals surface area contributed by atoms with Crippen molar-refractivity contribution in [3.63, 3.8) is 0 Å². The molecule has 5 rings (SSSR count). The van der Waals surface area contributed by atoms with Crippen molar-refractivity contribution >= 4 is 40.2 Å². The molecule has 224 valence electrons. The molecule has 1 atom stereocenters. The Kier molecular flexibility index (Phi) is 9.26. The zero-order valence-electron chi connectivity index (χ0n) is 24.6. The monoisotopic (exact) mass is 611 g/mol. The molecule has 0 bridgehead atoms. The molecule has 1 unspecified atom stereocenters. The summed E-state index contributed by atoms with van der Waals surface area (Å²) in [4.78, 5) is 36.0. The smallest absolute Gasteiger partial charge is 0.338 e. The van der Waals surface area contributed by atoms with E-state index in [0.717, 1.165) is 16.9 Å². The fourth-order valence-electron chi connectivity index (χ4n) is 4.57. The van der Waals surface area contributed by atoms with Crippen LogP contribution in [-0.2, 0) is 9.53 Å². The average Bonchev–Trinajstić information content (AvgIpc) is 3.06. The number of benzene rings is 4. The highest BCUT2D eigenvalue weighted by atomic mass is 35.5. The number of hydrogen-bond acceptors (Lipinski definition) is 8. The predicted molar refractivity (Wildman–Crippen MR) is 170 cm³/mol. The van der Waals surface area contributed by atoms with Gasteiger partial charge in [-0.3, -0.25) is 4.79 Å². The first-order valence-electron chi connectivity index (χ1n) is 13.8. The van der Waals surface area contributed by atoms with E-state index >= 15 is 0 Å². The Balaban J connectivity index is 1.44. The molecule has 5 aromatic rings. The summed E-state index contributed by atoms with van der Waals surface area (Å²) in [6, 6.07) is 24.9. The molecule has 0 aliphatic heterocycles. The van der Waals surface area contributed by atoms with E-state index in [0.29, 0.717) is 44.6 Å². The third-order valence-corrected chi connectivity index (χ3v) is 7.25. The molecule has 4 aromatic carbocycles. The molecule has 10 heteroatoms. The van der Waals surface area contributed by atoms with Gasteiger partial charge < -0.3 is 24.3 Å². The number of hydrogen-bond donors (Lipinski definition) is 1. The highest BCUT2D eigenvalue weighted by molar-refractivity contribution is 6.32. The maximum absolute atomic E-state index is 13.2. The van der Waals surface area contributed by atoms with Crippen LogP contribution in [0.5, 0.6) is 17.2 Å². The Labute approximate surface area is 259 Å². The molecule has 0 aliphatic carbocycles. The number of methoxy groups -OCH3 is 3. The van der Waals surface area contributed by atoms with Crippen molar-refractivity contribution in [2.24, 2.45) is 0 Å². The van der Waals surface area contributed by atoms with Crippen LogP contribution in [-0.4, -0.2) is 49.3 Å². The Hall–Kier alpha value is -5.15. The zero-order chi connectivity index (χ0) is 31.2. The quantitative estimate of drug-likeness (QED) is 0.165. The Morgan fingerprint density at radius 3 is 1.86 bits per heavy atom. The lowest BCUT2D eigenvalue weighted by atomic mass is 10.0. The molecular weight excluding hydrogens is 582 g/mol. The third kappa shape index (κ3) is 6.58. The summed E-state index contributed by atoms with van der Waals surface area (Å²) in [7, 11) is 4.72. The van der Waals surface area contributed by atoms with Gasteiger partial charge in [0.05, 0.1) is 54.3 Å². The number of rotatable bonds is 10. The Bertz CT molecular complexity index is 1810. The number of aromatic nitrogens is 2. The minimum absolute atomic E-state index is 0.239. The number of amides is 1. The standard InChI is InChI=1S/C34H30ClN3O6/c1-5-29(33(39)36-23-11-17-30(43-4)26(35)19-23)44-34(40)22-10-16-27-28(18-22)38-32(21-8-14-25(42-3)15-9-21)31(37-27)20-6-12-24(41-2)13-7-20/h6-19,29H,5H2,1-4H3,(H,36,39). The van der Waals surface area contributed by atoms with Gasteiger partial charge in [-0.2, -0.15) is 0 Å². The van der Waals surface area contributed by atoms with Crippen molar-refractivity contribution in [2.45, 2.75) is 19.4 Å². The van der Waals surface area contributed by atoms with Crippen molar-refractivity contribution < 1.29 is 28.5 Å². The van der Waals surface area contributed by atoms with Crippen LogP contribution < -0.4 is 19.5 Å². The molecular formula is C34H30ClN3O6. The molecule has 9 nitrogen and oxygen atoms in total. The first kappa shape index (κ1) is 30.3. The number of fused-ring (bicyclic) bond motifs is 1. The highest BCUT2D eigenvalue weighted by Crippen LogP contribution is 2.33. The topological polar surface area (TPSA) is 109 Å². The van der Waals surface area contributed by atoms with E-state index in [1.54, 1.807) is 57.5 Å². The fraction of sp³-hybridized carbons (Fsp3) is 0.176. The number of carbonyl (C=O) groups excluding carboxylic acids is 2. The van der Waals surface area contributed by atoms with E-state index in [9.17, 15) is 9.59 Å². The second-order valence-corrected chi connectivity index (χ2v) is 10.1. The third-order valence-electron chi connectivity index (χ3n) is 6.96. The van der Waals surface area contributed by atoms with Gasteiger partial charge in [0.1, 0.15) is 17.2 Å². The number of esters is 1. The molecule has 44 heavy (non-hydrogen) atoms. The van der Waals surface area contributed by atoms with E-state index in [1.165, 1.54) is 7.11 Å². The summed E-state index contributed by atoms with van der Waals surface area (Å²) in [5, 5.41) is 3.08. The summed E-state index contributed by atoms with van der Waals surface area (Å²) >= 11 is 6.18. The molecule has 1 amide bonds. The van der Waals surface area contributed by atoms with Gasteiger partial charge >= 0.3 is 5.97 Å². The molecule has 1 aromatic heterocycles. The normalized spacial score (nSPS) is 11.5. The lowest BCUT2D eigenvalue weighted by molar-refractivity contribution is -0.124. The molecule has 1 N–H and O–H groups in total. The minimum atomic E-state index is -1.03. The van der Waals surface area contributed by atoms with Crippen LogP contribution in [0.4, 0.5) is 5.69 Å². The summed E-state index contributed by atoms with van der Waals surface area (Å²) in [5.74, 6) is 0.780.